The van der Waals surface area contributed by atoms with Gasteiger partial charge in [0.15, 0.2) is 0 Å². The van der Waals surface area contributed by atoms with Gasteiger partial charge in [-0.1, -0.05) is 29.3 Å². The van der Waals surface area contributed by atoms with E-state index in [-0.39, 0.29) is 5.91 Å². The second-order valence-electron chi connectivity index (χ2n) is 4.26. The predicted molar refractivity (Wildman–Crippen MR) is 92.0 cm³/mol. The molecule has 0 saturated carbocycles. The topological polar surface area (TPSA) is 67.4 Å². The fraction of sp³-hybridized carbons (Fsp3) is 0.0667. The Labute approximate surface area is 146 Å². The first kappa shape index (κ1) is 17.3. The Hall–Kier alpha value is -2.02. The Bertz CT molecular complexity index is 745. The summed E-state index contributed by atoms with van der Waals surface area (Å²) in [5, 5.41) is 2.53. The molecule has 0 atom stereocenters. The third-order valence-electron chi connectivity index (χ3n) is 2.70. The van der Waals surface area contributed by atoms with Crippen molar-refractivity contribution >= 4 is 52.4 Å². The van der Waals surface area contributed by atoms with Gasteiger partial charge in [-0.25, -0.2) is 0 Å². The number of carbonyl (C=O) groups excluding carboxylic acids is 2. The first-order valence-corrected chi connectivity index (χ1v) is 7.99. The van der Waals surface area contributed by atoms with Gasteiger partial charge in [0, 0.05) is 16.7 Å². The molecule has 8 heteroatoms. The number of carbonyl (C=O) groups is 2. The van der Waals surface area contributed by atoms with E-state index in [1.807, 2.05) is 0 Å². The molecule has 5 nitrogen and oxygen atoms in total. The number of nitrogens with one attached hydrogen (secondary N) is 2. The molecule has 0 saturated heterocycles. The Balaban J connectivity index is 2.00. The van der Waals surface area contributed by atoms with Crippen molar-refractivity contribution in [2.45, 2.75) is 0 Å². The van der Waals surface area contributed by atoms with E-state index in [4.69, 9.17) is 27.9 Å². The van der Waals surface area contributed by atoms with Crippen molar-refractivity contribution in [3.63, 3.8) is 0 Å². The lowest BCUT2D eigenvalue weighted by Crippen LogP contribution is -2.40. The van der Waals surface area contributed by atoms with Crippen LogP contribution in [0.2, 0.25) is 10.0 Å². The molecular weight excluding hydrogens is 359 g/mol. The average molecular weight is 371 g/mol. The van der Waals surface area contributed by atoms with Gasteiger partial charge in [0.25, 0.3) is 11.8 Å². The molecule has 0 aliphatic rings. The van der Waals surface area contributed by atoms with E-state index >= 15 is 0 Å². The third-order valence-corrected chi connectivity index (χ3v) is 4.07. The molecule has 0 aliphatic carbocycles. The molecule has 2 amide bonds. The molecule has 23 heavy (non-hydrogen) atoms. The summed E-state index contributed by atoms with van der Waals surface area (Å²) in [6, 6.07) is 6.55. The van der Waals surface area contributed by atoms with Crippen LogP contribution in [0.4, 0.5) is 0 Å². The van der Waals surface area contributed by atoms with Crippen LogP contribution in [0.15, 0.2) is 35.7 Å². The van der Waals surface area contributed by atoms with Gasteiger partial charge in [0.1, 0.15) is 5.75 Å². The van der Waals surface area contributed by atoms with E-state index in [1.165, 1.54) is 30.6 Å². The minimum atomic E-state index is -0.506. The number of hydrogen-bond acceptors (Lipinski definition) is 4. The van der Waals surface area contributed by atoms with E-state index in [0.29, 0.717) is 26.2 Å². The average Bonchev–Trinajstić information content (AvgIpc) is 3.04. The smallest absolute Gasteiger partial charge is 0.279 e. The number of hydrazine groups is 1. The Kier molecular flexibility index (Phi) is 6.04. The zero-order valence-electron chi connectivity index (χ0n) is 11.9. The van der Waals surface area contributed by atoms with E-state index in [1.54, 1.807) is 29.6 Å². The van der Waals surface area contributed by atoms with Crippen LogP contribution in [0.5, 0.6) is 5.75 Å². The van der Waals surface area contributed by atoms with Crippen molar-refractivity contribution < 1.29 is 14.3 Å². The van der Waals surface area contributed by atoms with Crippen LogP contribution >= 0.6 is 34.5 Å². The van der Waals surface area contributed by atoms with Gasteiger partial charge in [0.05, 0.1) is 17.0 Å². The van der Waals surface area contributed by atoms with Crippen LogP contribution in [-0.4, -0.2) is 18.9 Å². The second-order valence-corrected chi connectivity index (χ2v) is 6.06. The summed E-state index contributed by atoms with van der Waals surface area (Å²) in [4.78, 5) is 23.9. The minimum absolute atomic E-state index is 0.339. The van der Waals surface area contributed by atoms with Crippen LogP contribution in [0, 0.1) is 0 Å². The largest absolute Gasteiger partial charge is 0.495 e. The van der Waals surface area contributed by atoms with Gasteiger partial charge >= 0.3 is 0 Å². The van der Waals surface area contributed by atoms with Crippen molar-refractivity contribution in [2.75, 3.05) is 7.11 Å². The summed E-state index contributed by atoms with van der Waals surface area (Å²) < 4.78 is 5.17. The lowest BCUT2D eigenvalue weighted by atomic mass is 10.2. The first-order valence-electron chi connectivity index (χ1n) is 6.36. The molecule has 1 aromatic carbocycles. The third kappa shape index (κ3) is 4.72. The molecule has 2 rings (SSSR count). The van der Waals surface area contributed by atoms with E-state index < -0.39 is 5.91 Å². The van der Waals surface area contributed by atoms with Crippen molar-refractivity contribution in [3.05, 3.63) is 56.2 Å². The number of ether oxygens (including phenoxy) is 1. The van der Waals surface area contributed by atoms with Gasteiger partial charge in [-0.3, -0.25) is 20.4 Å². The second kappa shape index (κ2) is 8.01. The number of benzene rings is 1. The summed E-state index contributed by atoms with van der Waals surface area (Å²) >= 11 is 13.2. The molecule has 0 unspecified atom stereocenters. The number of hydrogen-bond donors (Lipinski definition) is 2. The van der Waals surface area contributed by atoms with E-state index in [9.17, 15) is 9.59 Å². The molecule has 1 heterocycles. The highest BCUT2D eigenvalue weighted by molar-refractivity contribution is 7.12. The Morgan fingerprint density at radius 3 is 2.70 bits per heavy atom. The highest BCUT2D eigenvalue weighted by Crippen LogP contribution is 2.32. The highest BCUT2D eigenvalue weighted by atomic mass is 35.5. The number of methoxy groups -OCH3 is 1. The van der Waals surface area contributed by atoms with Crippen LogP contribution in [-0.2, 0) is 4.79 Å². The summed E-state index contributed by atoms with van der Waals surface area (Å²) in [5.74, 6) is -0.485. The van der Waals surface area contributed by atoms with Gasteiger partial charge in [0.2, 0.25) is 0 Å². The SMILES string of the molecule is COc1c(Cl)cc(Cl)cc1C=CC(=O)NNC(=O)c1cccs1. The van der Waals surface area contributed by atoms with Crippen molar-refractivity contribution in [3.8, 4) is 5.75 Å². The summed E-state index contributed by atoms with van der Waals surface area (Å²) in [7, 11) is 1.47. The summed E-state index contributed by atoms with van der Waals surface area (Å²) in [6.45, 7) is 0. The fourth-order valence-electron chi connectivity index (χ4n) is 1.71. The van der Waals surface area contributed by atoms with Gasteiger partial charge in [-0.15, -0.1) is 11.3 Å². The number of halogens is 2. The molecule has 0 spiro atoms. The van der Waals surface area contributed by atoms with E-state index in [2.05, 4.69) is 10.9 Å². The maximum atomic E-state index is 11.7. The standard InChI is InChI=1S/C15H12Cl2N2O3S/c1-22-14-9(7-10(16)8-11(14)17)4-5-13(20)18-19-15(21)12-3-2-6-23-12/h2-8H,1H3,(H,18,20)(H,19,21). The zero-order chi connectivity index (χ0) is 16.8. The maximum absolute atomic E-state index is 11.7. The monoisotopic (exact) mass is 370 g/mol. The molecule has 120 valence electrons. The van der Waals surface area contributed by atoms with E-state index in [0.717, 1.165) is 0 Å². The van der Waals surface area contributed by atoms with Crippen LogP contribution in [0.25, 0.3) is 6.08 Å². The summed E-state index contributed by atoms with van der Waals surface area (Å²) in [6.07, 6.45) is 2.72. The molecule has 0 bridgehead atoms. The zero-order valence-corrected chi connectivity index (χ0v) is 14.3. The van der Waals surface area contributed by atoms with Crippen molar-refractivity contribution in [1.82, 2.24) is 10.9 Å². The molecule has 2 aromatic rings. The molecule has 0 radical (unpaired) electrons. The van der Waals surface area contributed by atoms with Crippen LogP contribution in [0.3, 0.4) is 0 Å². The number of thiophene rings is 1. The number of amides is 2. The number of rotatable bonds is 4. The Morgan fingerprint density at radius 1 is 1.26 bits per heavy atom. The molecular formula is C15H12Cl2N2O3S. The van der Waals surface area contributed by atoms with Crippen LogP contribution < -0.4 is 15.6 Å². The quantitative estimate of drug-likeness (QED) is 0.638. The maximum Gasteiger partial charge on any atom is 0.279 e. The first-order chi connectivity index (χ1) is 11.0. The van der Waals surface area contributed by atoms with Gasteiger partial charge in [-0.2, -0.15) is 0 Å². The molecule has 2 N–H and O–H groups in total. The van der Waals surface area contributed by atoms with Crippen molar-refractivity contribution in [1.29, 1.82) is 0 Å². The highest BCUT2D eigenvalue weighted by Gasteiger charge is 2.09. The Morgan fingerprint density at radius 2 is 2.04 bits per heavy atom. The lowest BCUT2D eigenvalue weighted by Gasteiger charge is -2.08. The van der Waals surface area contributed by atoms with Crippen LogP contribution in [0.1, 0.15) is 15.2 Å². The minimum Gasteiger partial charge on any atom is -0.495 e. The van der Waals surface area contributed by atoms with Gasteiger partial charge < -0.3 is 4.74 Å². The van der Waals surface area contributed by atoms with Gasteiger partial charge in [-0.05, 0) is 29.7 Å². The summed E-state index contributed by atoms with van der Waals surface area (Å²) in [5.41, 5.74) is 5.14. The molecule has 0 fully saturated rings. The van der Waals surface area contributed by atoms with Crippen molar-refractivity contribution in [2.24, 2.45) is 0 Å². The lowest BCUT2D eigenvalue weighted by molar-refractivity contribution is -0.117. The normalized spacial score (nSPS) is 10.6. The molecule has 0 aliphatic heterocycles. The molecule has 1 aromatic heterocycles. The predicted octanol–water partition coefficient (Wildman–Crippen LogP) is 3.54. The fourth-order valence-corrected chi connectivity index (χ4v) is 2.92.